The Kier molecular flexibility index (Phi) is 3.56. The smallest absolute Gasteiger partial charge is 0.319 e. The number of pyridine rings is 1. The minimum absolute atomic E-state index is 0.324. The van der Waals surface area contributed by atoms with Crippen LogP contribution in [0.25, 0.3) is 11.3 Å². The summed E-state index contributed by atoms with van der Waals surface area (Å²) in [5.41, 5.74) is 0.170. The van der Waals surface area contributed by atoms with Crippen molar-refractivity contribution >= 4 is 17.7 Å². The number of rotatable bonds is 4. The van der Waals surface area contributed by atoms with E-state index in [4.69, 9.17) is 9.47 Å². The van der Waals surface area contributed by atoms with E-state index in [0.29, 0.717) is 49.1 Å². The fourth-order valence-electron chi connectivity index (χ4n) is 2.77. The van der Waals surface area contributed by atoms with Crippen LogP contribution in [0, 0.1) is 5.41 Å². The van der Waals surface area contributed by atoms with Crippen molar-refractivity contribution in [3.63, 3.8) is 0 Å². The molecule has 1 fully saturated rings. The summed E-state index contributed by atoms with van der Waals surface area (Å²) >= 11 is 0. The Morgan fingerprint density at radius 3 is 2.56 bits per heavy atom. The highest BCUT2D eigenvalue weighted by molar-refractivity contribution is 6.10. The average Bonchev–Trinajstić information content (AvgIpc) is 3.44. The van der Waals surface area contributed by atoms with Gasteiger partial charge in [0.1, 0.15) is 24.4 Å². The first kappa shape index (κ1) is 15.4. The number of carbonyl (C=O) groups is 2. The van der Waals surface area contributed by atoms with Crippen LogP contribution >= 0.6 is 0 Å². The Labute approximate surface area is 143 Å². The average molecular weight is 340 g/mol. The number of hydrogen-bond donors (Lipinski definition) is 2. The molecule has 7 nitrogen and oxygen atoms in total. The third kappa shape index (κ3) is 2.77. The van der Waals surface area contributed by atoms with Gasteiger partial charge in [0.2, 0.25) is 5.91 Å². The summed E-state index contributed by atoms with van der Waals surface area (Å²) in [6, 6.07) is 10.7. The Hall–Kier alpha value is -3.09. The molecule has 2 aliphatic rings. The molecule has 2 heterocycles. The number of nitrogens with zero attached hydrogens (tertiary/aromatic N) is 1. The second-order valence-electron chi connectivity index (χ2n) is 6.11. The number of nitrogens with one attached hydrogen (secondary N) is 1. The van der Waals surface area contributed by atoms with Crippen molar-refractivity contribution in [1.82, 2.24) is 4.98 Å². The maximum Gasteiger partial charge on any atom is 0.319 e. The van der Waals surface area contributed by atoms with Gasteiger partial charge in [-0.25, -0.2) is 4.98 Å². The summed E-state index contributed by atoms with van der Waals surface area (Å²) in [7, 11) is 0. The number of carboxylic acids is 1. The molecule has 0 unspecified atom stereocenters. The van der Waals surface area contributed by atoms with E-state index >= 15 is 0 Å². The van der Waals surface area contributed by atoms with Crippen molar-refractivity contribution in [2.45, 2.75) is 12.8 Å². The van der Waals surface area contributed by atoms with Gasteiger partial charge in [-0.1, -0.05) is 6.07 Å². The maximum absolute atomic E-state index is 12.2. The molecule has 2 aromatic rings. The van der Waals surface area contributed by atoms with Crippen molar-refractivity contribution in [2.24, 2.45) is 5.41 Å². The number of hydrogen-bond acceptors (Lipinski definition) is 5. The van der Waals surface area contributed by atoms with E-state index in [-0.39, 0.29) is 0 Å². The third-order valence-corrected chi connectivity index (χ3v) is 4.42. The van der Waals surface area contributed by atoms with Gasteiger partial charge in [0, 0.05) is 5.56 Å². The molecule has 1 aromatic heterocycles. The fraction of sp³-hybridized carbons (Fsp3) is 0.278. The number of carbonyl (C=O) groups excluding carboxylic acids is 1. The van der Waals surface area contributed by atoms with Crippen LogP contribution < -0.4 is 14.8 Å². The molecule has 0 atom stereocenters. The van der Waals surface area contributed by atoms with Crippen molar-refractivity contribution < 1.29 is 24.2 Å². The number of anilines is 1. The number of fused-ring (bicyclic) bond motifs is 1. The molecule has 0 radical (unpaired) electrons. The van der Waals surface area contributed by atoms with Crippen molar-refractivity contribution in [1.29, 1.82) is 0 Å². The first-order chi connectivity index (χ1) is 12.1. The van der Waals surface area contributed by atoms with Crippen LogP contribution in [-0.2, 0) is 9.59 Å². The maximum atomic E-state index is 12.2. The molecule has 1 amide bonds. The Balaban J connectivity index is 1.58. The minimum Gasteiger partial charge on any atom is -0.486 e. The summed E-state index contributed by atoms with van der Waals surface area (Å²) < 4.78 is 11.1. The highest BCUT2D eigenvalue weighted by atomic mass is 16.6. The molecule has 2 N–H and O–H groups in total. The number of benzene rings is 1. The van der Waals surface area contributed by atoms with Crippen molar-refractivity contribution in [2.75, 3.05) is 18.5 Å². The van der Waals surface area contributed by atoms with Gasteiger partial charge in [-0.2, -0.15) is 0 Å². The van der Waals surface area contributed by atoms with Gasteiger partial charge >= 0.3 is 5.97 Å². The molecule has 1 aliphatic carbocycles. The zero-order valence-electron chi connectivity index (χ0n) is 13.3. The Morgan fingerprint density at radius 1 is 1.08 bits per heavy atom. The number of amides is 1. The lowest BCUT2D eigenvalue weighted by Crippen LogP contribution is -2.31. The number of ether oxygens (including phenoxy) is 2. The van der Waals surface area contributed by atoms with E-state index < -0.39 is 17.3 Å². The van der Waals surface area contributed by atoms with Gasteiger partial charge in [0.25, 0.3) is 0 Å². The van der Waals surface area contributed by atoms with E-state index in [1.165, 1.54) is 0 Å². The van der Waals surface area contributed by atoms with Crippen LogP contribution in [0.15, 0.2) is 36.4 Å². The van der Waals surface area contributed by atoms with Crippen LogP contribution in [0.4, 0.5) is 5.82 Å². The predicted molar refractivity (Wildman–Crippen MR) is 88.6 cm³/mol. The predicted octanol–water partition coefficient (Wildman–Crippen LogP) is 2.32. The lowest BCUT2D eigenvalue weighted by Gasteiger charge is -2.18. The van der Waals surface area contributed by atoms with Gasteiger partial charge in [0.05, 0.1) is 5.69 Å². The zero-order chi connectivity index (χ0) is 17.4. The fourth-order valence-corrected chi connectivity index (χ4v) is 2.77. The largest absolute Gasteiger partial charge is 0.486 e. The van der Waals surface area contributed by atoms with Crippen LogP contribution in [0.1, 0.15) is 12.8 Å². The van der Waals surface area contributed by atoms with E-state index in [0.717, 1.165) is 5.56 Å². The molecule has 4 rings (SSSR count). The quantitative estimate of drug-likeness (QED) is 0.829. The summed E-state index contributed by atoms with van der Waals surface area (Å²) in [4.78, 5) is 27.9. The highest BCUT2D eigenvalue weighted by Gasteiger charge is 2.57. The molecule has 1 saturated carbocycles. The van der Waals surface area contributed by atoms with Crippen LogP contribution in [0.5, 0.6) is 11.5 Å². The summed E-state index contributed by atoms with van der Waals surface area (Å²) in [6.45, 7) is 1.02. The lowest BCUT2D eigenvalue weighted by molar-refractivity contribution is -0.147. The lowest BCUT2D eigenvalue weighted by atomic mass is 10.1. The molecule has 128 valence electrons. The Bertz CT molecular complexity index is 860. The minimum atomic E-state index is -1.30. The molecule has 1 aliphatic heterocycles. The van der Waals surface area contributed by atoms with E-state index in [1.807, 2.05) is 24.3 Å². The standard InChI is InChI=1S/C18H16N2O5/c21-16(18(6-7-18)17(22)23)20-15-3-1-2-12(19-15)11-4-5-13-14(10-11)25-9-8-24-13/h1-5,10H,6-9H2,(H,22,23)(H,19,20,21). The number of carboxylic acid groups (broad SMARTS) is 1. The summed E-state index contributed by atoms with van der Waals surface area (Å²) in [5.74, 6) is 0.0594. The van der Waals surface area contributed by atoms with E-state index in [9.17, 15) is 14.7 Å². The van der Waals surface area contributed by atoms with Gasteiger partial charge in [0.15, 0.2) is 11.5 Å². The molecule has 0 bridgehead atoms. The van der Waals surface area contributed by atoms with Gasteiger partial charge in [-0.05, 0) is 43.2 Å². The van der Waals surface area contributed by atoms with Crippen LogP contribution in [-0.4, -0.2) is 35.2 Å². The highest BCUT2D eigenvalue weighted by Crippen LogP contribution is 2.46. The molecule has 7 heteroatoms. The monoisotopic (exact) mass is 340 g/mol. The second kappa shape index (κ2) is 5.77. The van der Waals surface area contributed by atoms with E-state index in [2.05, 4.69) is 10.3 Å². The third-order valence-electron chi connectivity index (χ3n) is 4.42. The zero-order valence-corrected chi connectivity index (χ0v) is 13.3. The van der Waals surface area contributed by atoms with Crippen LogP contribution in [0.3, 0.4) is 0 Å². The second-order valence-corrected chi connectivity index (χ2v) is 6.11. The molecule has 25 heavy (non-hydrogen) atoms. The van der Waals surface area contributed by atoms with Crippen molar-refractivity contribution in [3.8, 4) is 22.8 Å². The molecular formula is C18H16N2O5. The first-order valence-electron chi connectivity index (χ1n) is 8.00. The van der Waals surface area contributed by atoms with E-state index in [1.54, 1.807) is 12.1 Å². The normalized spacial score (nSPS) is 16.8. The van der Waals surface area contributed by atoms with Crippen molar-refractivity contribution in [3.05, 3.63) is 36.4 Å². The molecule has 0 saturated heterocycles. The molecule has 0 spiro atoms. The van der Waals surface area contributed by atoms with Gasteiger partial charge < -0.3 is 19.9 Å². The van der Waals surface area contributed by atoms with Gasteiger partial charge in [-0.3, -0.25) is 9.59 Å². The Morgan fingerprint density at radius 2 is 1.84 bits per heavy atom. The first-order valence-corrected chi connectivity index (χ1v) is 8.00. The number of aliphatic carboxylic acids is 1. The van der Waals surface area contributed by atoms with Crippen LogP contribution in [0.2, 0.25) is 0 Å². The summed E-state index contributed by atoms with van der Waals surface area (Å²) in [5, 5.41) is 11.8. The molecular weight excluding hydrogens is 324 g/mol. The SMILES string of the molecule is O=C(O)C1(C(=O)Nc2cccc(-c3ccc4c(c3)OCCO4)n2)CC1. The topological polar surface area (TPSA) is 97.8 Å². The van der Waals surface area contributed by atoms with Gasteiger partial charge in [-0.15, -0.1) is 0 Å². The number of aromatic nitrogens is 1. The molecule has 1 aromatic carbocycles. The summed E-state index contributed by atoms with van der Waals surface area (Å²) in [6.07, 6.45) is 0.714.